The van der Waals surface area contributed by atoms with Gasteiger partial charge in [-0.1, -0.05) is 65.8 Å². The second kappa shape index (κ2) is 5.87. The average Bonchev–Trinajstić information content (AvgIpc) is 2.01. The summed E-state index contributed by atoms with van der Waals surface area (Å²) in [5, 5.41) is 0. The third kappa shape index (κ3) is 4.70. The van der Waals surface area contributed by atoms with E-state index in [2.05, 4.69) is 65.8 Å². The number of hydrogen-bond acceptors (Lipinski definition) is 0. The van der Waals surface area contributed by atoms with Gasteiger partial charge in [0, 0.05) is 0 Å². The lowest BCUT2D eigenvalue weighted by atomic mass is 9.81. The Balaban J connectivity index is 0. The van der Waals surface area contributed by atoms with Crippen molar-refractivity contribution >= 4 is 17.4 Å². The van der Waals surface area contributed by atoms with Crippen molar-refractivity contribution in [3.05, 3.63) is 35.4 Å². The molecular formula is C14H27AlO. The second-order valence-electron chi connectivity index (χ2n) is 6.08. The summed E-state index contributed by atoms with van der Waals surface area (Å²) < 4.78 is 0. The van der Waals surface area contributed by atoms with E-state index < -0.39 is 0 Å². The number of rotatable bonds is 0. The van der Waals surface area contributed by atoms with E-state index in [1.807, 2.05) is 0 Å². The van der Waals surface area contributed by atoms with Crippen LogP contribution in [-0.4, -0.2) is 22.8 Å². The molecule has 16 heavy (non-hydrogen) atoms. The zero-order valence-corrected chi connectivity index (χ0v) is 10.8. The molecule has 1 aromatic carbocycles. The first-order valence-electron chi connectivity index (χ1n) is 5.32. The van der Waals surface area contributed by atoms with Gasteiger partial charge >= 0.3 is 0 Å². The van der Waals surface area contributed by atoms with Gasteiger partial charge in [-0.3, -0.25) is 0 Å². The Morgan fingerprint density at radius 2 is 1.06 bits per heavy atom. The Bertz CT molecular complexity index is 289. The molecule has 1 rings (SSSR count). The van der Waals surface area contributed by atoms with Crippen LogP contribution in [0.4, 0.5) is 0 Å². The van der Waals surface area contributed by atoms with Crippen LogP contribution >= 0.6 is 0 Å². The van der Waals surface area contributed by atoms with E-state index in [0.717, 1.165) is 0 Å². The first-order valence-corrected chi connectivity index (χ1v) is 5.32. The minimum atomic E-state index is 0. The molecule has 92 valence electrons. The molecule has 0 aliphatic heterocycles. The Morgan fingerprint density at radius 3 is 1.31 bits per heavy atom. The Hall–Kier alpha value is -0.288. The summed E-state index contributed by atoms with van der Waals surface area (Å²) in [5.74, 6) is 0. The van der Waals surface area contributed by atoms with Crippen LogP contribution in [0.25, 0.3) is 0 Å². The fraction of sp³-hybridized carbons (Fsp3) is 0.571. The first kappa shape index (κ1) is 18.1. The fourth-order valence-electron chi connectivity index (χ4n) is 1.45. The molecule has 2 N–H and O–H groups in total. The third-order valence-electron chi connectivity index (χ3n) is 2.59. The van der Waals surface area contributed by atoms with Gasteiger partial charge in [0.25, 0.3) is 0 Å². The van der Waals surface area contributed by atoms with Crippen molar-refractivity contribution in [3.63, 3.8) is 0 Å². The quantitative estimate of drug-likeness (QED) is 0.621. The molecule has 2 heteroatoms. The van der Waals surface area contributed by atoms with Crippen molar-refractivity contribution in [2.45, 2.75) is 52.4 Å². The maximum absolute atomic E-state index is 2.33. The molecule has 0 atom stereocenters. The molecule has 0 unspecified atom stereocenters. The van der Waals surface area contributed by atoms with Gasteiger partial charge in [0.1, 0.15) is 0 Å². The average molecular weight is 238 g/mol. The van der Waals surface area contributed by atoms with Crippen LogP contribution in [0.3, 0.4) is 0 Å². The van der Waals surface area contributed by atoms with Gasteiger partial charge in [0.15, 0.2) is 17.4 Å². The van der Waals surface area contributed by atoms with Crippen molar-refractivity contribution in [2.24, 2.45) is 0 Å². The fourth-order valence-corrected chi connectivity index (χ4v) is 1.45. The molecule has 0 heterocycles. The van der Waals surface area contributed by atoms with Gasteiger partial charge < -0.3 is 5.48 Å². The highest BCUT2D eigenvalue weighted by Gasteiger charge is 2.18. The Morgan fingerprint density at radius 1 is 0.750 bits per heavy atom. The molecule has 0 radical (unpaired) electrons. The largest absolute Gasteiger partial charge is 0.412 e. The smallest absolute Gasteiger partial charge is 0.187 e. The van der Waals surface area contributed by atoms with Crippen molar-refractivity contribution in [1.29, 1.82) is 0 Å². The lowest BCUT2D eigenvalue weighted by Gasteiger charge is -2.24. The van der Waals surface area contributed by atoms with Crippen molar-refractivity contribution in [1.82, 2.24) is 0 Å². The number of benzene rings is 1. The van der Waals surface area contributed by atoms with E-state index in [0.29, 0.717) is 0 Å². The van der Waals surface area contributed by atoms with Crippen LogP contribution < -0.4 is 0 Å². The van der Waals surface area contributed by atoms with E-state index in [1.54, 1.807) is 0 Å². The van der Waals surface area contributed by atoms with Crippen LogP contribution in [-0.2, 0) is 10.8 Å². The van der Waals surface area contributed by atoms with Crippen molar-refractivity contribution < 1.29 is 5.48 Å². The molecule has 0 bridgehead atoms. The van der Waals surface area contributed by atoms with Crippen LogP contribution in [0.15, 0.2) is 24.3 Å². The highest BCUT2D eigenvalue weighted by Crippen LogP contribution is 2.28. The Kier molecular flexibility index (Phi) is 6.63. The van der Waals surface area contributed by atoms with Gasteiger partial charge in [0.2, 0.25) is 0 Å². The monoisotopic (exact) mass is 238 g/mol. The van der Waals surface area contributed by atoms with Gasteiger partial charge in [0.05, 0.1) is 0 Å². The normalized spacial score (nSPS) is 11.4. The van der Waals surface area contributed by atoms with Gasteiger partial charge in [-0.15, -0.1) is 0 Å². The summed E-state index contributed by atoms with van der Waals surface area (Å²) in [5.41, 5.74) is 3.34. The lowest BCUT2D eigenvalue weighted by Crippen LogP contribution is -2.15. The van der Waals surface area contributed by atoms with Crippen molar-refractivity contribution in [2.75, 3.05) is 0 Å². The molecular weight excluding hydrogens is 211 g/mol. The first-order chi connectivity index (χ1) is 6.21. The zero-order valence-electron chi connectivity index (χ0n) is 10.8. The molecule has 0 amide bonds. The van der Waals surface area contributed by atoms with E-state index in [-0.39, 0.29) is 33.7 Å². The highest BCUT2D eigenvalue weighted by molar-refractivity contribution is 5.75. The minimum Gasteiger partial charge on any atom is -0.412 e. The van der Waals surface area contributed by atoms with Crippen LogP contribution in [0, 0.1) is 0 Å². The van der Waals surface area contributed by atoms with Crippen molar-refractivity contribution in [3.8, 4) is 0 Å². The van der Waals surface area contributed by atoms with E-state index in [9.17, 15) is 0 Å². The zero-order chi connectivity index (χ0) is 11.0. The molecule has 0 spiro atoms. The van der Waals surface area contributed by atoms with E-state index in [4.69, 9.17) is 0 Å². The molecule has 0 aliphatic carbocycles. The summed E-state index contributed by atoms with van der Waals surface area (Å²) in [6.07, 6.45) is 0. The van der Waals surface area contributed by atoms with E-state index in [1.165, 1.54) is 11.1 Å². The maximum atomic E-state index is 2.33. The SMILES string of the molecule is CC(C)(C)c1cccc(C(C)(C)C)c1.O.[AlH3]. The third-order valence-corrected chi connectivity index (χ3v) is 2.59. The van der Waals surface area contributed by atoms with Crippen LogP contribution in [0.1, 0.15) is 52.7 Å². The Labute approximate surface area is 111 Å². The standard InChI is InChI=1S/C14H22.Al.H2O.3H/c1-13(2,3)11-8-7-9-12(10-11)14(4,5)6;;;;;/h7-10H,1-6H3;;1H2;;;. The summed E-state index contributed by atoms with van der Waals surface area (Å²) >= 11 is 0. The van der Waals surface area contributed by atoms with Gasteiger partial charge in [-0.25, -0.2) is 0 Å². The molecule has 1 aromatic rings. The van der Waals surface area contributed by atoms with Gasteiger partial charge in [-0.05, 0) is 22.0 Å². The molecule has 0 aromatic heterocycles. The minimum absolute atomic E-state index is 0. The number of hydrogen-bond donors (Lipinski definition) is 0. The predicted octanol–water partition coefficient (Wildman–Crippen LogP) is 2.27. The van der Waals surface area contributed by atoms with E-state index >= 15 is 0 Å². The summed E-state index contributed by atoms with van der Waals surface area (Å²) in [6.45, 7) is 13.6. The highest BCUT2D eigenvalue weighted by atomic mass is 27.0. The predicted molar refractivity (Wildman–Crippen MR) is 77.4 cm³/mol. The molecule has 1 nitrogen and oxygen atoms in total. The molecule has 0 fully saturated rings. The second-order valence-corrected chi connectivity index (χ2v) is 6.08. The maximum Gasteiger partial charge on any atom is 0.187 e. The summed E-state index contributed by atoms with van der Waals surface area (Å²) in [6, 6.07) is 8.94. The topological polar surface area (TPSA) is 31.5 Å². The molecule has 0 saturated heterocycles. The van der Waals surface area contributed by atoms with Crippen LogP contribution in [0.5, 0.6) is 0 Å². The lowest BCUT2D eigenvalue weighted by molar-refractivity contribution is 0.568. The summed E-state index contributed by atoms with van der Waals surface area (Å²) in [4.78, 5) is 0. The molecule has 0 saturated carbocycles. The molecule has 0 aliphatic rings. The summed E-state index contributed by atoms with van der Waals surface area (Å²) in [7, 11) is 0. The van der Waals surface area contributed by atoms with Gasteiger partial charge in [-0.2, -0.15) is 0 Å². The van der Waals surface area contributed by atoms with Crippen LogP contribution in [0.2, 0.25) is 0 Å².